The molecule has 0 aliphatic rings. The molecule has 0 saturated heterocycles. The molecule has 7 heteroatoms. The van der Waals surface area contributed by atoms with Crippen LogP contribution in [-0.4, -0.2) is 38.3 Å². The van der Waals surface area contributed by atoms with Gasteiger partial charge >= 0.3 is 11.8 Å². The van der Waals surface area contributed by atoms with Crippen LogP contribution in [0.2, 0.25) is 0 Å². The third-order valence-corrected chi connectivity index (χ3v) is 3.32. The van der Waals surface area contributed by atoms with Crippen LogP contribution in [0.5, 0.6) is 5.75 Å². The molecule has 2 amide bonds. The second-order valence-corrected chi connectivity index (χ2v) is 5.26. The molecule has 0 fully saturated rings. The highest BCUT2D eigenvalue weighted by Crippen LogP contribution is 2.17. The summed E-state index contributed by atoms with van der Waals surface area (Å²) in [5.41, 5.74) is 3.91. The van der Waals surface area contributed by atoms with Crippen LogP contribution in [0.3, 0.4) is 0 Å². The normalized spacial score (nSPS) is 10.5. The van der Waals surface area contributed by atoms with Crippen molar-refractivity contribution < 1.29 is 19.1 Å². The van der Waals surface area contributed by atoms with Gasteiger partial charge in [-0.15, -0.1) is 0 Å². The van der Waals surface area contributed by atoms with Crippen molar-refractivity contribution in [2.24, 2.45) is 5.10 Å². The van der Waals surface area contributed by atoms with Gasteiger partial charge in [-0.05, 0) is 17.7 Å². The number of nitrogens with one attached hydrogen (secondary N) is 2. The fourth-order valence-electron chi connectivity index (χ4n) is 2.01. The van der Waals surface area contributed by atoms with Gasteiger partial charge in [0.2, 0.25) is 0 Å². The third-order valence-electron chi connectivity index (χ3n) is 3.32. The molecular weight excluding hydrogens is 334 g/mol. The van der Waals surface area contributed by atoms with Crippen LogP contribution < -0.4 is 15.5 Å². The first-order valence-corrected chi connectivity index (χ1v) is 8.06. The molecule has 0 aliphatic heterocycles. The summed E-state index contributed by atoms with van der Waals surface area (Å²) in [4.78, 5) is 23.1. The van der Waals surface area contributed by atoms with E-state index in [4.69, 9.17) is 9.47 Å². The summed E-state index contributed by atoms with van der Waals surface area (Å²) in [6.45, 7) is 0.997. The Bertz CT molecular complexity index is 747. The highest BCUT2D eigenvalue weighted by atomic mass is 16.5. The summed E-state index contributed by atoms with van der Waals surface area (Å²) in [6.07, 6.45) is 1.43. The van der Waals surface area contributed by atoms with Gasteiger partial charge in [-0.2, -0.15) is 5.10 Å². The molecule has 0 radical (unpaired) electrons. The van der Waals surface area contributed by atoms with Crippen molar-refractivity contribution in [3.8, 4) is 5.75 Å². The number of amides is 2. The zero-order valence-electron chi connectivity index (χ0n) is 14.5. The van der Waals surface area contributed by atoms with E-state index < -0.39 is 11.8 Å². The van der Waals surface area contributed by atoms with Crippen LogP contribution >= 0.6 is 0 Å². The average molecular weight is 355 g/mol. The number of rotatable bonds is 8. The second-order valence-electron chi connectivity index (χ2n) is 5.26. The molecule has 0 saturated carbocycles. The van der Waals surface area contributed by atoms with Crippen molar-refractivity contribution in [1.29, 1.82) is 0 Å². The van der Waals surface area contributed by atoms with Gasteiger partial charge in [-0.1, -0.05) is 42.5 Å². The van der Waals surface area contributed by atoms with Crippen LogP contribution in [0, 0.1) is 0 Å². The molecular formula is C19H21N3O4. The van der Waals surface area contributed by atoms with E-state index in [1.807, 2.05) is 48.5 Å². The van der Waals surface area contributed by atoms with Gasteiger partial charge in [-0.3, -0.25) is 9.59 Å². The van der Waals surface area contributed by atoms with Crippen molar-refractivity contribution in [3.05, 3.63) is 65.7 Å². The molecule has 0 bridgehead atoms. The predicted molar refractivity (Wildman–Crippen MR) is 97.8 cm³/mol. The second kappa shape index (κ2) is 10.6. The van der Waals surface area contributed by atoms with Crippen LogP contribution in [0.15, 0.2) is 59.7 Å². The van der Waals surface area contributed by atoms with Gasteiger partial charge in [0.05, 0.1) is 12.8 Å². The summed E-state index contributed by atoms with van der Waals surface area (Å²) in [6, 6.07) is 17.1. The molecule has 136 valence electrons. The predicted octanol–water partition coefficient (Wildman–Crippen LogP) is 1.48. The Hall–Kier alpha value is -3.19. The smallest absolute Gasteiger partial charge is 0.329 e. The monoisotopic (exact) mass is 355 g/mol. The van der Waals surface area contributed by atoms with Gasteiger partial charge in [0.15, 0.2) is 0 Å². The van der Waals surface area contributed by atoms with E-state index in [0.717, 1.165) is 5.56 Å². The SMILES string of the molecule is COCCNC(=O)C(=O)N/N=C\c1ccccc1OCc1ccccc1. The maximum Gasteiger partial charge on any atom is 0.329 e. The van der Waals surface area contributed by atoms with Gasteiger partial charge in [-0.25, -0.2) is 5.43 Å². The summed E-state index contributed by atoms with van der Waals surface area (Å²) in [5.74, 6) is -0.994. The lowest BCUT2D eigenvalue weighted by Crippen LogP contribution is -2.39. The zero-order chi connectivity index (χ0) is 18.6. The van der Waals surface area contributed by atoms with Crippen molar-refractivity contribution in [1.82, 2.24) is 10.7 Å². The Morgan fingerprint density at radius 1 is 1.04 bits per heavy atom. The lowest BCUT2D eigenvalue weighted by atomic mass is 10.2. The number of carbonyl (C=O) groups excluding carboxylic acids is 2. The number of benzene rings is 2. The Labute approximate surface area is 152 Å². The van der Waals surface area contributed by atoms with Crippen LogP contribution in [0.4, 0.5) is 0 Å². The number of ether oxygens (including phenoxy) is 2. The lowest BCUT2D eigenvalue weighted by molar-refractivity contribution is -0.139. The van der Waals surface area contributed by atoms with Gasteiger partial charge < -0.3 is 14.8 Å². The molecule has 2 rings (SSSR count). The summed E-state index contributed by atoms with van der Waals surface area (Å²) >= 11 is 0. The van der Waals surface area contributed by atoms with Crippen LogP contribution in [0.1, 0.15) is 11.1 Å². The first kappa shape index (κ1) is 19.1. The van der Waals surface area contributed by atoms with E-state index >= 15 is 0 Å². The molecule has 26 heavy (non-hydrogen) atoms. The maximum atomic E-state index is 11.6. The Morgan fingerprint density at radius 3 is 2.54 bits per heavy atom. The lowest BCUT2D eigenvalue weighted by Gasteiger charge is -2.09. The van der Waals surface area contributed by atoms with E-state index in [1.54, 1.807) is 6.07 Å². The highest BCUT2D eigenvalue weighted by molar-refractivity contribution is 6.35. The van der Waals surface area contributed by atoms with Gasteiger partial charge in [0, 0.05) is 19.2 Å². The van der Waals surface area contributed by atoms with E-state index in [2.05, 4.69) is 15.8 Å². The summed E-state index contributed by atoms with van der Waals surface area (Å²) in [5, 5.41) is 6.22. The number of methoxy groups -OCH3 is 1. The number of hydrazone groups is 1. The van der Waals surface area contributed by atoms with Crippen LogP contribution in [-0.2, 0) is 20.9 Å². The summed E-state index contributed by atoms with van der Waals surface area (Å²) in [7, 11) is 1.51. The number of hydrogen-bond acceptors (Lipinski definition) is 5. The first-order valence-electron chi connectivity index (χ1n) is 8.06. The zero-order valence-corrected chi connectivity index (χ0v) is 14.5. The highest BCUT2D eigenvalue weighted by Gasteiger charge is 2.11. The Balaban J connectivity index is 1.89. The van der Waals surface area contributed by atoms with E-state index in [9.17, 15) is 9.59 Å². The average Bonchev–Trinajstić information content (AvgIpc) is 2.68. The topological polar surface area (TPSA) is 89.0 Å². The standard InChI is InChI=1S/C19H21N3O4/c1-25-12-11-20-18(23)19(24)22-21-13-16-9-5-6-10-17(16)26-14-15-7-3-2-4-8-15/h2-10,13H,11-12,14H2,1H3,(H,20,23)(H,22,24)/b21-13-. The van der Waals surface area contributed by atoms with E-state index in [0.29, 0.717) is 24.5 Å². The molecule has 0 atom stereocenters. The van der Waals surface area contributed by atoms with Gasteiger partial charge in [0.1, 0.15) is 12.4 Å². The maximum absolute atomic E-state index is 11.6. The van der Waals surface area contributed by atoms with Crippen LogP contribution in [0.25, 0.3) is 0 Å². The minimum absolute atomic E-state index is 0.253. The molecule has 2 aromatic carbocycles. The van der Waals surface area contributed by atoms with Crippen molar-refractivity contribution >= 4 is 18.0 Å². The molecule has 2 N–H and O–H groups in total. The van der Waals surface area contributed by atoms with Gasteiger partial charge in [0.25, 0.3) is 0 Å². The number of para-hydroxylation sites is 1. The first-order chi connectivity index (χ1) is 12.7. The largest absolute Gasteiger partial charge is 0.488 e. The van der Waals surface area contributed by atoms with E-state index in [1.165, 1.54) is 13.3 Å². The number of hydrogen-bond donors (Lipinski definition) is 2. The van der Waals surface area contributed by atoms with E-state index in [-0.39, 0.29) is 6.54 Å². The molecule has 0 aliphatic carbocycles. The minimum atomic E-state index is -0.847. The van der Waals surface area contributed by atoms with Crippen molar-refractivity contribution in [2.75, 3.05) is 20.3 Å². The third kappa shape index (κ3) is 6.37. The Morgan fingerprint density at radius 2 is 1.77 bits per heavy atom. The molecule has 0 heterocycles. The molecule has 2 aromatic rings. The molecule has 0 spiro atoms. The molecule has 0 unspecified atom stereocenters. The minimum Gasteiger partial charge on any atom is -0.488 e. The fourth-order valence-corrected chi connectivity index (χ4v) is 2.01. The quantitative estimate of drug-likeness (QED) is 0.325. The van der Waals surface area contributed by atoms with Crippen molar-refractivity contribution in [2.45, 2.75) is 6.61 Å². The summed E-state index contributed by atoms with van der Waals surface area (Å²) < 4.78 is 10.6. The fraction of sp³-hybridized carbons (Fsp3) is 0.211. The number of carbonyl (C=O) groups is 2. The Kier molecular flexibility index (Phi) is 7.82. The van der Waals surface area contributed by atoms with Crippen molar-refractivity contribution in [3.63, 3.8) is 0 Å². The number of nitrogens with zero attached hydrogens (tertiary/aromatic N) is 1. The molecule has 7 nitrogen and oxygen atoms in total. The molecule has 0 aromatic heterocycles.